The summed E-state index contributed by atoms with van der Waals surface area (Å²) >= 11 is 0. The Kier molecular flexibility index (Phi) is 5.58. The smallest absolute Gasteiger partial charge is 0.361 e. The van der Waals surface area contributed by atoms with Gasteiger partial charge in [-0.15, -0.1) is 5.10 Å². The van der Waals surface area contributed by atoms with E-state index in [1.54, 1.807) is 11.8 Å². The molecule has 144 valence electrons. The number of aryl methyl sites for hydroxylation is 3. The number of nitrogens with zero attached hydrogens (tertiary/aromatic N) is 4. The Morgan fingerprint density at radius 3 is 2.70 bits per heavy atom. The molecule has 1 aliphatic heterocycles. The summed E-state index contributed by atoms with van der Waals surface area (Å²) in [5.41, 5.74) is 3.57. The van der Waals surface area contributed by atoms with Crippen molar-refractivity contribution in [2.24, 2.45) is 5.92 Å². The van der Waals surface area contributed by atoms with E-state index in [1.165, 1.54) is 4.80 Å². The zero-order valence-electron chi connectivity index (χ0n) is 16.4. The summed E-state index contributed by atoms with van der Waals surface area (Å²) in [6, 6.07) is 5.92. The number of likely N-dealkylation sites (tertiary alicyclic amines) is 1. The lowest BCUT2D eigenvalue weighted by molar-refractivity contribution is -0.136. The van der Waals surface area contributed by atoms with E-state index in [-0.39, 0.29) is 18.2 Å². The van der Waals surface area contributed by atoms with Crippen LogP contribution in [0.25, 0.3) is 5.69 Å². The normalized spacial score (nSPS) is 17.0. The monoisotopic (exact) mass is 370 g/mol. The zero-order chi connectivity index (χ0) is 19.6. The first-order valence-electron chi connectivity index (χ1n) is 9.31. The number of esters is 1. The maximum Gasteiger partial charge on any atom is 0.361 e. The molecule has 0 radical (unpaired) electrons. The minimum atomic E-state index is -0.623. The molecule has 2 aromatic rings. The first-order chi connectivity index (χ1) is 12.8. The minimum Gasteiger partial charge on any atom is -0.451 e. The van der Waals surface area contributed by atoms with Crippen LogP contribution < -0.4 is 0 Å². The second-order valence-electron chi connectivity index (χ2n) is 7.38. The lowest BCUT2D eigenvalue weighted by Crippen LogP contribution is -2.41. The molecule has 0 unspecified atom stereocenters. The van der Waals surface area contributed by atoms with E-state index in [0.717, 1.165) is 42.7 Å². The lowest BCUT2D eigenvalue weighted by Gasteiger charge is -2.30. The van der Waals surface area contributed by atoms with Gasteiger partial charge in [0, 0.05) is 13.1 Å². The van der Waals surface area contributed by atoms with E-state index in [1.807, 2.05) is 32.0 Å². The molecule has 1 saturated heterocycles. The zero-order valence-corrected chi connectivity index (χ0v) is 16.4. The van der Waals surface area contributed by atoms with Gasteiger partial charge >= 0.3 is 5.97 Å². The van der Waals surface area contributed by atoms with Crippen LogP contribution in [-0.2, 0) is 9.53 Å². The number of ether oxygens (including phenoxy) is 1. The van der Waals surface area contributed by atoms with Crippen molar-refractivity contribution < 1.29 is 14.3 Å². The predicted octanol–water partition coefficient (Wildman–Crippen LogP) is 2.61. The molecule has 7 nitrogen and oxygen atoms in total. The van der Waals surface area contributed by atoms with E-state index in [0.29, 0.717) is 11.6 Å². The van der Waals surface area contributed by atoms with Gasteiger partial charge in [-0.3, -0.25) is 4.79 Å². The SMILES string of the molecule is Cc1ccc(-n2nc(C)c(C(=O)OCC(=O)N3CCC[C@H](C)C3)n2)c(C)c1. The number of carbonyl (C=O) groups excluding carboxylic acids is 2. The standard InChI is InChI=1S/C20H26N4O3/c1-13-7-8-17(15(3)10-13)24-21-16(4)19(22-24)20(26)27-12-18(25)23-9-5-6-14(2)11-23/h7-8,10,14H,5-6,9,11-12H2,1-4H3/t14-/m0/s1. The molecule has 0 spiro atoms. The van der Waals surface area contributed by atoms with Crippen molar-refractivity contribution in [2.75, 3.05) is 19.7 Å². The molecule has 0 bridgehead atoms. The quantitative estimate of drug-likeness (QED) is 0.773. The van der Waals surface area contributed by atoms with Gasteiger partial charge in [0.15, 0.2) is 12.3 Å². The fourth-order valence-corrected chi connectivity index (χ4v) is 3.41. The molecule has 0 N–H and O–H groups in total. The number of hydrogen-bond donors (Lipinski definition) is 0. The van der Waals surface area contributed by atoms with Crippen molar-refractivity contribution in [3.05, 3.63) is 40.7 Å². The van der Waals surface area contributed by atoms with Crippen LogP contribution in [0, 0.1) is 26.7 Å². The summed E-state index contributed by atoms with van der Waals surface area (Å²) in [4.78, 5) is 27.9. The topological polar surface area (TPSA) is 77.3 Å². The van der Waals surface area contributed by atoms with E-state index < -0.39 is 5.97 Å². The number of benzene rings is 1. The van der Waals surface area contributed by atoms with Gasteiger partial charge in [-0.05, 0) is 51.2 Å². The molecule has 2 heterocycles. The average molecular weight is 370 g/mol. The summed E-state index contributed by atoms with van der Waals surface area (Å²) in [6.07, 6.45) is 2.12. The van der Waals surface area contributed by atoms with Gasteiger partial charge in [-0.1, -0.05) is 24.6 Å². The Morgan fingerprint density at radius 2 is 2.00 bits per heavy atom. The highest BCUT2D eigenvalue weighted by atomic mass is 16.5. The van der Waals surface area contributed by atoms with Gasteiger partial charge in [0.05, 0.1) is 11.4 Å². The molecule has 7 heteroatoms. The molecule has 27 heavy (non-hydrogen) atoms. The summed E-state index contributed by atoms with van der Waals surface area (Å²) in [6.45, 7) is 9.00. The third kappa shape index (κ3) is 4.35. The first kappa shape index (κ1) is 19.1. The van der Waals surface area contributed by atoms with Crippen LogP contribution in [0.15, 0.2) is 18.2 Å². The van der Waals surface area contributed by atoms with Crippen molar-refractivity contribution in [3.8, 4) is 5.69 Å². The number of aromatic nitrogens is 3. The van der Waals surface area contributed by atoms with Crippen LogP contribution in [0.2, 0.25) is 0 Å². The van der Waals surface area contributed by atoms with Crippen LogP contribution in [0.4, 0.5) is 0 Å². The fourth-order valence-electron chi connectivity index (χ4n) is 3.41. The molecule has 1 aromatic carbocycles. The van der Waals surface area contributed by atoms with Crippen molar-refractivity contribution in [3.63, 3.8) is 0 Å². The van der Waals surface area contributed by atoms with Crippen LogP contribution in [-0.4, -0.2) is 51.5 Å². The maximum atomic E-state index is 12.4. The number of hydrogen-bond acceptors (Lipinski definition) is 5. The molecule has 1 amide bonds. The maximum absolute atomic E-state index is 12.4. The highest BCUT2D eigenvalue weighted by Crippen LogP contribution is 2.17. The Balaban J connectivity index is 1.67. The Morgan fingerprint density at radius 1 is 1.22 bits per heavy atom. The Hall–Kier alpha value is -2.70. The highest BCUT2D eigenvalue weighted by Gasteiger charge is 2.24. The van der Waals surface area contributed by atoms with E-state index in [2.05, 4.69) is 17.1 Å². The number of piperidine rings is 1. The molecule has 1 fully saturated rings. The Labute approximate surface area is 159 Å². The van der Waals surface area contributed by atoms with Gasteiger partial charge in [0.2, 0.25) is 0 Å². The second-order valence-corrected chi connectivity index (χ2v) is 7.38. The number of rotatable bonds is 4. The van der Waals surface area contributed by atoms with Gasteiger partial charge in [0.25, 0.3) is 5.91 Å². The molecular weight excluding hydrogens is 344 g/mol. The van der Waals surface area contributed by atoms with E-state index >= 15 is 0 Å². The highest BCUT2D eigenvalue weighted by molar-refractivity contribution is 5.90. The average Bonchev–Trinajstić information content (AvgIpc) is 3.01. The molecule has 3 rings (SSSR count). The van der Waals surface area contributed by atoms with E-state index in [4.69, 9.17) is 4.74 Å². The molecule has 1 atom stereocenters. The summed E-state index contributed by atoms with van der Waals surface area (Å²) in [5.74, 6) is -0.297. The summed E-state index contributed by atoms with van der Waals surface area (Å²) < 4.78 is 5.21. The van der Waals surface area contributed by atoms with Crippen LogP contribution in [0.5, 0.6) is 0 Å². The first-order valence-corrected chi connectivity index (χ1v) is 9.31. The third-order valence-electron chi connectivity index (χ3n) is 4.88. The van der Waals surface area contributed by atoms with E-state index in [9.17, 15) is 9.59 Å². The molecule has 0 saturated carbocycles. The van der Waals surface area contributed by atoms with Crippen LogP contribution in [0.3, 0.4) is 0 Å². The lowest BCUT2D eigenvalue weighted by atomic mass is 10.0. The van der Waals surface area contributed by atoms with Crippen molar-refractivity contribution >= 4 is 11.9 Å². The molecular formula is C20H26N4O3. The van der Waals surface area contributed by atoms with Crippen molar-refractivity contribution in [1.82, 2.24) is 19.9 Å². The van der Waals surface area contributed by atoms with Crippen molar-refractivity contribution in [2.45, 2.75) is 40.5 Å². The minimum absolute atomic E-state index is 0.134. The summed E-state index contributed by atoms with van der Waals surface area (Å²) in [7, 11) is 0. The molecule has 1 aliphatic rings. The van der Waals surface area contributed by atoms with Gasteiger partial charge in [-0.2, -0.15) is 9.90 Å². The fraction of sp³-hybridized carbons (Fsp3) is 0.500. The predicted molar refractivity (Wildman–Crippen MR) is 101 cm³/mol. The largest absolute Gasteiger partial charge is 0.451 e. The van der Waals surface area contributed by atoms with Gasteiger partial charge in [-0.25, -0.2) is 4.79 Å². The molecule has 0 aliphatic carbocycles. The van der Waals surface area contributed by atoms with Gasteiger partial charge in [0.1, 0.15) is 0 Å². The third-order valence-corrected chi connectivity index (χ3v) is 4.88. The Bertz CT molecular complexity index is 859. The molecule has 1 aromatic heterocycles. The number of carbonyl (C=O) groups is 2. The van der Waals surface area contributed by atoms with Crippen molar-refractivity contribution in [1.29, 1.82) is 0 Å². The second kappa shape index (κ2) is 7.90. The van der Waals surface area contributed by atoms with Gasteiger partial charge < -0.3 is 9.64 Å². The summed E-state index contributed by atoms with van der Waals surface area (Å²) in [5, 5.41) is 8.61. The van der Waals surface area contributed by atoms with Crippen LogP contribution in [0.1, 0.15) is 47.1 Å². The number of amides is 1. The van der Waals surface area contributed by atoms with Crippen LogP contribution >= 0.6 is 0 Å².